The van der Waals surface area contributed by atoms with Gasteiger partial charge in [-0.25, -0.2) is 0 Å². The van der Waals surface area contributed by atoms with Crippen LogP contribution >= 0.6 is 11.6 Å². The first-order valence-corrected chi connectivity index (χ1v) is 7.46. The summed E-state index contributed by atoms with van der Waals surface area (Å²) in [6.07, 6.45) is 3.21. The molecule has 0 saturated carbocycles. The standard InChI is InChI=1S/C17H14ClN3O2/c1-10(11-3-2-4-12(18)9-11)20-14-15(17(23)16(14)22)21-13-5-7-19-8-6-13/h2-10,20H,1H3,(H,19,21). The third kappa shape index (κ3) is 3.10. The molecule has 3 aromatic rings. The molecule has 6 heteroatoms. The Morgan fingerprint density at radius 3 is 2.43 bits per heavy atom. The summed E-state index contributed by atoms with van der Waals surface area (Å²) in [6, 6.07) is 10.6. The van der Waals surface area contributed by atoms with Crippen molar-refractivity contribution >= 4 is 28.7 Å². The van der Waals surface area contributed by atoms with Crippen molar-refractivity contribution < 1.29 is 0 Å². The lowest BCUT2D eigenvalue weighted by Gasteiger charge is -2.20. The first-order chi connectivity index (χ1) is 11.1. The van der Waals surface area contributed by atoms with Crippen LogP contribution in [0.5, 0.6) is 0 Å². The van der Waals surface area contributed by atoms with Gasteiger partial charge in [-0.1, -0.05) is 23.7 Å². The van der Waals surface area contributed by atoms with Gasteiger partial charge in [0.15, 0.2) is 0 Å². The second kappa shape index (κ2) is 6.22. The Morgan fingerprint density at radius 2 is 1.74 bits per heavy atom. The van der Waals surface area contributed by atoms with Crippen LogP contribution in [0.1, 0.15) is 18.5 Å². The number of nitrogens with one attached hydrogen (secondary N) is 2. The summed E-state index contributed by atoms with van der Waals surface area (Å²) in [4.78, 5) is 27.6. The van der Waals surface area contributed by atoms with Crippen LogP contribution in [0.3, 0.4) is 0 Å². The lowest BCUT2D eigenvalue weighted by molar-refractivity contribution is 0.880. The van der Waals surface area contributed by atoms with Crippen LogP contribution in [-0.2, 0) is 0 Å². The maximum absolute atomic E-state index is 11.8. The molecular formula is C17H14ClN3O2. The van der Waals surface area contributed by atoms with Gasteiger partial charge >= 0.3 is 0 Å². The molecule has 1 aromatic heterocycles. The minimum Gasteiger partial charge on any atom is -0.373 e. The van der Waals surface area contributed by atoms with E-state index in [4.69, 9.17) is 11.6 Å². The molecule has 1 unspecified atom stereocenters. The monoisotopic (exact) mass is 327 g/mol. The highest BCUT2D eigenvalue weighted by Gasteiger charge is 2.22. The third-order valence-electron chi connectivity index (χ3n) is 3.57. The molecule has 3 rings (SSSR count). The van der Waals surface area contributed by atoms with Crippen LogP contribution in [0.25, 0.3) is 0 Å². The number of aromatic nitrogens is 1. The Morgan fingerprint density at radius 1 is 1.04 bits per heavy atom. The molecule has 2 aromatic carbocycles. The second-order valence-corrected chi connectivity index (χ2v) is 5.63. The zero-order valence-corrected chi connectivity index (χ0v) is 13.1. The van der Waals surface area contributed by atoms with E-state index in [1.54, 1.807) is 30.6 Å². The van der Waals surface area contributed by atoms with E-state index in [-0.39, 0.29) is 11.7 Å². The van der Waals surface area contributed by atoms with Gasteiger partial charge in [0.1, 0.15) is 11.4 Å². The van der Waals surface area contributed by atoms with E-state index >= 15 is 0 Å². The number of pyridine rings is 1. The van der Waals surface area contributed by atoms with Gasteiger partial charge in [0.05, 0.1) is 0 Å². The van der Waals surface area contributed by atoms with E-state index in [1.807, 2.05) is 25.1 Å². The van der Waals surface area contributed by atoms with Gasteiger partial charge in [-0.3, -0.25) is 14.6 Å². The van der Waals surface area contributed by atoms with Crippen LogP contribution in [0, 0.1) is 0 Å². The van der Waals surface area contributed by atoms with Crippen molar-refractivity contribution in [1.82, 2.24) is 4.98 Å². The summed E-state index contributed by atoms with van der Waals surface area (Å²) in [5.41, 5.74) is 1.15. The lowest BCUT2D eigenvalue weighted by atomic mass is 10.1. The SMILES string of the molecule is CC(Nc1c(Nc2ccncc2)c(=O)c1=O)c1cccc(Cl)c1. The molecule has 116 valence electrons. The molecular weight excluding hydrogens is 314 g/mol. The average molecular weight is 328 g/mol. The zero-order chi connectivity index (χ0) is 16.4. The molecule has 0 aliphatic carbocycles. The fourth-order valence-electron chi connectivity index (χ4n) is 2.30. The van der Waals surface area contributed by atoms with Crippen molar-refractivity contribution in [2.24, 2.45) is 0 Å². The molecule has 0 saturated heterocycles. The summed E-state index contributed by atoms with van der Waals surface area (Å²) < 4.78 is 0. The molecule has 2 N–H and O–H groups in total. The molecule has 0 fully saturated rings. The summed E-state index contributed by atoms with van der Waals surface area (Å²) in [5.74, 6) is 0. The minimum absolute atomic E-state index is 0.157. The topological polar surface area (TPSA) is 71.1 Å². The fourth-order valence-corrected chi connectivity index (χ4v) is 2.50. The molecule has 0 amide bonds. The number of benzene rings is 1. The van der Waals surface area contributed by atoms with Crippen LogP contribution < -0.4 is 21.5 Å². The van der Waals surface area contributed by atoms with Gasteiger partial charge in [-0.2, -0.15) is 0 Å². The number of anilines is 3. The number of rotatable bonds is 5. The minimum atomic E-state index is -0.525. The summed E-state index contributed by atoms with van der Waals surface area (Å²) in [6.45, 7) is 1.90. The van der Waals surface area contributed by atoms with Crippen molar-refractivity contribution in [2.45, 2.75) is 13.0 Å². The van der Waals surface area contributed by atoms with Crippen LogP contribution in [0.15, 0.2) is 58.4 Å². The Labute approximate surface area is 137 Å². The number of hydrogen-bond acceptors (Lipinski definition) is 5. The molecule has 23 heavy (non-hydrogen) atoms. The van der Waals surface area contributed by atoms with Gasteiger partial charge in [-0.05, 0) is 36.8 Å². The van der Waals surface area contributed by atoms with E-state index in [0.717, 1.165) is 5.56 Å². The predicted molar refractivity (Wildman–Crippen MR) is 92.4 cm³/mol. The van der Waals surface area contributed by atoms with E-state index in [2.05, 4.69) is 15.6 Å². The highest BCUT2D eigenvalue weighted by molar-refractivity contribution is 6.30. The van der Waals surface area contributed by atoms with Gasteiger partial charge in [-0.15, -0.1) is 0 Å². The molecule has 0 bridgehead atoms. The molecule has 0 aliphatic heterocycles. The smallest absolute Gasteiger partial charge is 0.253 e. The Kier molecular flexibility index (Phi) is 4.12. The van der Waals surface area contributed by atoms with Gasteiger partial charge < -0.3 is 10.6 Å². The van der Waals surface area contributed by atoms with Gasteiger partial charge in [0, 0.05) is 29.1 Å². The molecule has 0 aliphatic rings. The van der Waals surface area contributed by atoms with Crippen molar-refractivity contribution in [2.75, 3.05) is 10.6 Å². The van der Waals surface area contributed by atoms with E-state index in [1.165, 1.54) is 0 Å². The normalized spacial score (nSPS) is 12.1. The fraction of sp³-hybridized carbons (Fsp3) is 0.118. The first kappa shape index (κ1) is 15.2. The second-order valence-electron chi connectivity index (χ2n) is 5.19. The highest BCUT2D eigenvalue weighted by atomic mass is 35.5. The maximum atomic E-state index is 11.8. The van der Waals surface area contributed by atoms with E-state index in [0.29, 0.717) is 16.4 Å². The van der Waals surface area contributed by atoms with E-state index < -0.39 is 10.9 Å². The molecule has 1 heterocycles. The maximum Gasteiger partial charge on any atom is 0.253 e. The molecule has 1 atom stereocenters. The van der Waals surface area contributed by atoms with Crippen molar-refractivity contribution in [3.8, 4) is 0 Å². The highest BCUT2D eigenvalue weighted by Crippen LogP contribution is 2.25. The number of hydrogen-bond donors (Lipinski definition) is 2. The largest absolute Gasteiger partial charge is 0.373 e. The molecule has 0 radical (unpaired) electrons. The Bertz CT molecular complexity index is 902. The third-order valence-corrected chi connectivity index (χ3v) is 3.80. The van der Waals surface area contributed by atoms with Gasteiger partial charge in [0.25, 0.3) is 10.9 Å². The Balaban J connectivity index is 1.83. The van der Waals surface area contributed by atoms with Crippen molar-refractivity contribution in [3.63, 3.8) is 0 Å². The Hall–Kier alpha value is -2.66. The quantitative estimate of drug-likeness (QED) is 0.704. The first-order valence-electron chi connectivity index (χ1n) is 7.08. The van der Waals surface area contributed by atoms with Crippen LogP contribution in [-0.4, -0.2) is 4.98 Å². The number of nitrogens with zero attached hydrogens (tertiary/aromatic N) is 1. The summed E-state index contributed by atoms with van der Waals surface area (Å²) in [5, 5.41) is 6.66. The van der Waals surface area contributed by atoms with Crippen LogP contribution in [0.2, 0.25) is 5.02 Å². The molecule has 5 nitrogen and oxygen atoms in total. The zero-order valence-electron chi connectivity index (χ0n) is 12.3. The summed E-state index contributed by atoms with van der Waals surface area (Å²) >= 11 is 5.98. The van der Waals surface area contributed by atoms with Crippen molar-refractivity contribution in [3.05, 3.63) is 79.8 Å². The van der Waals surface area contributed by atoms with Crippen molar-refractivity contribution in [1.29, 1.82) is 0 Å². The van der Waals surface area contributed by atoms with E-state index in [9.17, 15) is 9.59 Å². The van der Waals surface area contributed by atoms with Crippen LogP contribution in [0.4, 0.5) is 17.1 Å². The molecule has 0 spiro atoms. The summed E-state index contributed by atoms with van der Waals surface area (Å²) in [7, 11) is 0. The predicted octanol–water partition coefficient (Wildman–Crippen LogP) is 3.25. The number of halogens is 1. The lowest BCUT2D eigenvalue weighted by Crippen LogP contribution is -2.37. The average Bonchev–Trinajstić information content (AvgIpc) is 2.58. The van der Waals surface area contributed by atoms with Gasteiger partial charge in [0.2, 0.25) is 0 Å².